The van der Waals surface area contributed by atoms with Crippen LogP contribution in [0, 0.1) is 0 Å². The van der Waals surface area contributed by atoms with Crippen LogP contribution < -0.4 is 0 Å². The maximum Gasteiger partial charge on any atom is 0.263 e. The Morgan fingerprint density at radius 2 is 1.97 bits per heavy atom. The van der Waals surface area contributed by atoms with Gasteiger partial charge in [0.2, 0.25) is 5.91 Å². The van der Waals surface area contributed by atoms with Crippen molar-refractivity contribution in [1.29, 1.82) is 0 Å². The molecule has 29 heavy (non-hydrogen) atoms. The first kappa shape index (κ1) is 21.8. The summed E-state index contributed by atoms with van der Waals surface area (Å²) in [6.45, 7) is 4.79. The Morgan fingerprint density at radius 3 is 2.69 bits per heavy atom. The summed E-state index contributed by atoms with van der Waals surface area (Å²) in [5.41, 5.74) is 1.08. The van der Waals surface area contributed by atoms with Gasteiger partial charge in [0.15, 0.2) is 0 Å². The van der Waals surface area contributed by atoms with Gasteiger partial charge in [0.25, 0.3) is 5.91 Å². The molecule has 1 fully saturated rings. The van der Waals surface area contributed by atoms with Crippen molar-refractivity contribution >= 4 is 33.2 Å². The highest BCUT2D eigenvalue weighted by Gasteiger charge is 2.29. The van der Waals surface area contributed by atoms with Crippen LogP contribution in [-0.2, 0) is 16.0 Å². The van der Waals surface area contributed by atoms with E-state index < -0.39 is 0 Å². The van der Waals surface area contributed by atoms with Crippen molar-refractivity contribution in [3.63, 3.8) is 0 Å². The Bertz CT molecular complexity index is 859. The summed E-state index contributed by atoms with van der Waals surface area (Å²) >= 11 is 1.56. The molecular weight excluding hydrogens is 384 g/mol. The zero-order chi connectivity index (χ0) is 21.0. The smallest absolute Gasteiger partial charge is 0.263 e. The zero-order valence-electron chi connectivity index (χ0n) is 17.9. The van der Waals surface area contributed by atoms with Gasteiger partial charge in [0.1, 0.15) is 6.61 Å². The second kappa shape index (κ2) is 9.72. The minimum atomic E-state index is 0.0366. The molecule has 0 saturated carbocycles. The fraction of sp³-hybridized carbons (Fsp3) is 0.565. The molecule has 2 amide bonds. The van der Waals surface area contributed by atoms with Gasteiger partial charge < -0.3 is 14.5 Å². The first-order valence-corrected chi connectivity index (χ1v) is 11.3. The van der Waals surface area contributed by atoms with Crippen LogP contribution in [0.1, 0.15) is 54.8 Å². The van der Waals surface area contributed by atoms with Crippen molar-refractivity contribution < 1.29 is 14.3 Å². The van der Waals surface area contributed by atoms with E-state index in [1.165, 1.54) is 0 Å². The molecule has 0 unspecified atom stereocenters. The molecule has 1 aromatic heterocycles. The molecule has 1 aliphatic rings. The molecule has 3 rings (SSSR count). The normalized spacial score (nSPS) is 17.6. The highest BCUT2D eigenvalue weighted by atomic mass is 32.1. The van der Waals surface area contributed by atoms with Crippen molar-refractivity contribution in [2.75, 3.05) is 27.2 Å². The van der Waals surface area contributed by atoms with Crippen molar-refractivity contribution in [2.45, 2.75) is 58.1 Å². The van der Waals surface area contributed by atoms with E-state index in [0.29, 0.717) is 6.42 Å². The van der Waals surface area contributed by atoms with E-state index >= 15 is 0 Å². The van der Waals surface area contributed by atoms with Crippen LogP contribution in [0.25, 0.3) is 10.1 Å². The molecule has 0 N–H and O–H groups in total. The molecule has 1 aliphatic heterocycles. The summed E-state index contributed by atoms with van der Waals surface area (Å²) in [6, 6.07) is 8.31. The van der Waals surface area contributed by atoms with E-state index in [0.717, 1.165) is 52.8 Å². The third kappa shape index (κ3) is 5.17. The van der Waals surface area contributed by atoms with Crippen LogP contribution in [0.4, 0.5) is 0 Å². The van der Waals surface area contributed by atoms with E-state index in [2.05, 4.69) is 12.1 Å². The van der Waals surface area contributed by atoms with Gasteiger partial charge in [0.05, 0.1) is 11.0 Å². The summed E-state index contributed by atoms with van der Waals surface area (Å²) in [6.07, 6.45) is 4.99. The van der Waals surface area contributed by atoms with E-state index in [9.17, 15) is 9.59 Å². The quantitative estimate of drug-likeness (QED) is 0.704. The van der Waals surface area contributed by atoms with Crippen LogP contribution in [0.3, 0.4) is 0 Å². The number of carbonyl (C=O) groups is 2. The molecule has 1 saturated heterocycles. The average molecular weight is 417 g/mol. The van der Waals surface area contributed by atoms with Gasteiger partial charge in [-0.05, 0) is 50.1 Å². The van der Waals surface area contributed by atoms with Gasteiger partial charge in [-0.1, -0.05) is 31.0 Å². The van der Waals surface area contributed by atoms with E-state index in [4.69, 9.17) is 4.74 Å². The highest BCUT2D eigenvalue weighted by molar-refractivity contribution is 7.21. The number of hydrogen-bond acceptors (Lipinski definition) is 4. The second-order valence-corrected chi connectivity index (χ2v) is 9.31. The lowest BCUT2D eigenvalue weighted by atomic mass is 9.97. The minimum absolute atomic E-state index is 0.0366. The molecular formula is C23H32N2O3S. The summed E-state index contributed by atoms with van der Waals surface area (Å²) in [5, 5.41) is 1.14. The summed E-state index contributed by atoms with van der Waals surface area (Å²) in [4.78, 5) is 30.2. The Labute approximate surface area is 177 Å². The maximum absolute atomic E-state index is 12.9. The first-order chi connectivity index (χ1) is 13.9. The van der Waals surface area contributed by atoms with Crippen LogP contribution >= 0.6 is 11.3 Å². The first-order valence-electron chi connectivity index (χ1n) is 10.5. The molecule has 1 atom stereocenters. The van der Waals surface area contributed by atoms with E-state index in [1.807, 2.05) is 30.9 Å². The van der Waals surface area contributed by atoms with Crippen LogP contribution in [0.5, 0.6) is 0 Å². The Balaban J connectivity index is 1.93. The molecule has 0 bridgehead atoms. The number of hydrogen-bond donors (Lipinski definition) is 0. The van der Waals surface area contributed by atoms with Crippen molar-refractivity contribution in [2.24, 2.45) is 0 Å². The number of likely N-dealkylation sites (tertiary alicyclic amines) is 1. The number of ether oxygens (including phenoxy) is 1. The van der Waals surface area contributed by atoms with Crippen LogP contribution in [-0.4, -0.2) is 61.0 Å². The fourth-order valence-electron chi connectivity index (χ4n) is 3.95. The maximum atomic E-state index is 12.9. The van der Waals surface area contributed by atoms with Gasteiger partial charge >= 0.3 is 0 Å². The van der Waals surface area contributed by atoms with Crippen LogP contribution in [0.2, 0.25) is 0 Å². The standard InChI is InChI=1S/C23H32N2O3S/c1-16(2)28-15-21(26)25-13-9-5-6-10-17(25)14-19-18-11-7-8-12-20(18)29-22(19)23(27)24(3)4/h7-8,11-12,16-17H,5-6,9-10,13-15H2,1-4H3/t17-/m0/s1. The van der Waals surface area contributed by atoms with E-state index in [1.54, 1.807) is 30.3 Å². The minimum Gasteiger partial charge on any atom is -0.369 e. The molecule has 6 heteroatoms. The average Bonchev–Trinajstić information content (AvgIpc) is 2.88. The summed E-state index contributed by atoms with van der Waals surface area (Å²) in [7, 11) is 3.59. The number of nitrogens with zero attached hydrogens (tertiary/aromatic N) is 2. The summed E-state index contributed by atoms with van der Waals surface area (Å²) in [5.74, 6) is 0.0986. The molecule has 0 aliphatic carbocycles. The highest BCUT2D eigenvalue weighted by Crippen LogP contribution is 2.34. The predicted molar refractivity (Wildman–Crippen MR) is 119 cm³/mol. The number of carbonyl (C=O) groups excluding carboxylic acids is 2. The lowest BCUT2D eigenvalue weighted by Gasteiger charge is -2.31. The molecule has 0 spiro atoms. The van der Waals surface area contributed by atoms with Crippen molar-refractivity contribution in [3.8, 4) is 0 Å². The second-order valence-electron chi connectivity index (χ2n) is 8.26. The number of amides is 2. The third-order valence-electron chi connectivity index (χ3n) is 5.48. The van der Waals surface area contributed by atoms with Gasteiger partial charge in [-0.2, -0.15) is 0 Å². The SMILES string of the molecule is CC(C)OCC(=O)N1CCCCC[C@H]1Cc1c(C(=O)N(C)C)sc2ccccc12. The molecule has 0 radical (unpaired) electrons. The van der Waals surface area contributed by atoms with Gasteiger partial charge in [-0.15, -0.1) is 11.3 Å². The molecule has 5 nitrogen and oxygen atoms in total. The Hall–Kier alpha value is -1.92. The van der Waals surface area contributed by atoms with Gasteiger partial charge in [-0.3, -0.25) is 9.59 Å². The predicted octanol–water partition coefficient (Wildman–Crippen LogP) is 4.34. The number of rotatable bonds is 6. The Morgan fingerprint density at radius 1 is 1.21 bits per heavy atom. The van der Waals surface area contributed by atoms with Gasteiger partial charge in [0, 0.05) is 31.4 Å². The van der Waals surface area contributed by atoms with Crippen LogP contribution in [0.15, 0.2) is 24.3 Å². The van der Waals surface area contributed by atoms with Crippen molar-refractivity contribution in [3.05, 3.63) is 34.7 Å². The topological polar surface area (TPSA) is 49.9 Å². The molecule has 158 valence electrons. The number of thiophene rings is 1. The largest absolute Gasteiger partial charge is 0.369 e. The molecule has 1 aromatic carbocycles. The zero-order valence-corrected chi connectivity index (χ0v) is 18.8. The van der Waals surface area contributed by atoms with Crippen molar-refractivity contribution in [1.82, 2.24) is 9.80 Å². The van der Waals surface area contributed by atoms with E-state index in [-0.39, 0.29) is 30.6 Å². The number of fused-ring (bicyclic) bond motifs is 1. The fourth-order valence-corrected chi connectivity index (χ4v) is 5.21. The number of benzene rings is 1. The molecule has 2 heterocycles. The monoisotopic (exact) mass is 416 g/mol. The van der Waals surface area contributed by atoms with Gasteiger partial charge in [-0.25, -0.2) is 0 Å². The summed E-state index contributed by atoms with van der Waals surface area (Å²) < 4.78 is 6.72. The lowest BCUT2D eigenvalue weighted by Crippen LogP contribution is -2.43. The lowest BCUT2D eigenvalue weighted by molar-refractivity contribution is -0.139. The third-order valence-corrected chi connectivity index (χ3v) is 6.68. The Kier molecular flexibility index (Phi) is 7.30. The molecule has 2 aromatic rings.